The van der Waals surface area contributed by atoms with Gasteiger partial charge < -0.3 is 10.2 Å². The van der Waals surface area contributed by atoms with Crippen molar-refractivity contribution in [3.63, 3.8) is 0 Å². The van der Waals surface area contributed by atoms with Gasteiger partial charge in [0.05, 0.1) is 6.20 Å². The van der Waals surface area contributed by atoms with Gasteiger partial charge in [-0.15, -0.1) is 11.3 Å². The molecule has 1 fully saturated rings. The first-order valence-electron chi connectivity index (χ1n) is 9.56. The zero-order valence-electron chi connectivity index (χ0n) is 15.7. The first-order valence-corrected chi connectivity index (χ1v) is 10.4. The van der Waals surface area contributed by atoms with Gasteiger partial charge in [-0.1, -0.05) is 12.1 Å². The van der Waals surface area contributed by atoms with E-state index in [1.54, 1.807) is 23.9 Å². The van der Waals surface area contributed by atoms with E-state index in [4.69, 9.17) is 0 Å². The second-order valence-electron chi connectivity index (χ2n) is 7.29. The fourth-order valence-electron chi connectivity index (χ4n) is 3.83. The Morgan fingerprint density at radius 1 is 1.07 bits per heavy atom. The fourth-order valence-corrected chi connectivity index (χ4v) is 4.52. The number of fused-ring (bicyclic) bond motifs is 1. The maximum absolute atomic E-state index is 4.50. The number of thiophene rings is 1. The fraction of sp³-hybridized carbons (Fsp3) is 0.286. The minimum atomic E-state index is 0.663. The van der Waals surface area contributed by atoms with Gasteiger partial charge in [-0.2, -0.15) is 5.10 Å². The lowest BCUT2D eigenvalue weighted by Gasteiger charge is -2.29. The van der Waals surface area contributed by atoms with Crippen LogP contribution in [0.25, 0.3) is 16.0 Å². The quantitative estimate of drug-likeness (QED) is 0.559. The van der Waals surface area contributed by atoms with Gasteiger partial charge in [0.2, 0.25) is 0 Å². The minimum absolute atomic E-state index is 0.663. The molecule has 6 nitrogen and oxygen atoms in total. The second kappa shape index (κ2) is 7.33. The van der Waals surface area contributed by atoms with Crippen molar-refractivity contribution >= 4 is 33.9 Å². The average Bonchev–Trinajstić information content (AvgIpc) is 3.39. The van der Waals surface area contributed by atoms with Crippen LogP contribution in [0.4, 0.5) is 11.5 Å². The van der Waals surface area contributed by atoms with E-state index in [1.807, 2.05) is 22.2 Å². The van der Waals surface area contributed by atoms with E-state index in [0.717, 1.165) is 27.5 Å². The van der Waals surface area contributed by atoms with Crippen LogP contribution in [0.2, 0.25) is 0 Å². The number of rotatable bonds is 4. The topological polar surface area (TPSA) is 58.9 Å². The number of aromatic nitrogens is 4. The molecular weight excluding hydrogens is 368 g/mol. The highest BCUT2D eigenvalue weighted by atomic mass is 32.1. The Labute approximate surface area is 167 Å². The third-order valence-corrected chi connectivity index (χ3v) is 6.28. The molecule has 28 heavy (non-hydrogen) atoms. The Hall–Kier alpha value is -2.77. The summed E-state index contributed by atoms with van der Waals surface area (Å²) in [5.74, 6) is 1.43. The van der Waals surface area contributed by atoms with Crippen LogP contribution in [0.5, 0.6) is 0 Å². The molecule has 4 heterocycles. The van der Waals surface area contributed by atoms with Gasteiger partial charge >= 0.3 is 0 Å². The molecule has 1 saturated heterocycles. The van der Waals surface area contributed by atoms with Gasteiger partial charge in [0.25, 0.3) is 0 Å². The summed E-state index contributed by atoms with van der Waals surface area (Å²) in [6.07, 6.45) is 5.83. The molecule has 5 rings (SSSR count). The molecule has 4 aromatic rings. The molecule has 0 radical (unpaired) electrons. The molecule has 1 aliphatic rings. The van der Waals surface area contributed by atoms with E-state index in [0.29, 0.717) is 5.92 Å². The van der Waals surface area contributed by atoms with Crippen molar-refractivity contribution < 1.29 is 0 Å². The zero-order valence-corrected chi connectivity index (χ0v) is 16.6. The van der Waals surface area contributed by atoms with Crippen LogP contribution >= 0.6 is 11.3 Å². The van der Waals surface area contributed by atoms with Gasteiger partial charge in [0.15, 0.2) is 5.82 Å². The summed E-state index contributed by atoms with van der Waals surface area (Å²) in [5, 5.41) is 11.0. The number of hydrogen-bond acceptors (Lipinski definition) is 6. The summed E-state index contributed by atoms with van der Waals surface area (Å²) in [4.78, 5) is 11.2. The van der Waals surface area contributed by atoms with Crippen LogP contribution in [-0.4, -0.2) is 44.8 Å². The highest BCUT2D eigenvalue weighted by molar-refractivity contribution is 7.12. The number of benzene rings is 1. The van der Waals surface area contributed by atoms with Gasteiger partial charge in [-0.05, 0) is 74.1 Å². The number of likely N-dealkylation sites (tertiary alicyclic amines) is 1. The molecule has 1 N–H and O–H groups in total. The van der Waals surface area contributed by atoms with Crippen LogP contribution in [0, 0.1) is 0 Å². The van der Waals surface area contributed by atoms with Crippen molar-refractivity contribution in [2.24, 2.45) is 0 Å². The second-order valence-corrected chi connectivity index (χ2v) is 8.21. The normalized spacial score (nSPS) is 15.9. The van der Waals surface area contributed by atoms with Crippen molar-refractivity contribution in [2.45, 2.75) is 18.8 Å². The van der Waals surface area contributed by atoms with Crippen molar-refractivity contribution in [3.05, 3.63) is 59.9 Å². The van der Waals surface area contributed by atoms with Crippen LogP contribution in [0.1, 0.15) is 24.3 Å². The molecule has 1 aromatic carbocycles. The largest absolute Gasteiger partial charge is 0.338 e. The van der Waals surface area contributed by atoms with Crippen molar-refractivity contribution in [3.8, 4) is 5.00 Å². The van der Waals surface area contributed by atoms with E-state index in [1.165, 1.54) is 31.5 Å². The molecule has 0 amide bonds. The van der Waals surface area contributed by atoms with Crippen LogP contribution in [0.3, 0.4) is 0 Å². The smallest absolute Gasteiger partial charge is 0.160 e. The molecule has 0 bridgehead atoms. The Morgan fingerprint density at radius 3 is 2.64 bits per heavy atom. The standard InChI is InChI=1S/C21H22N6S/c1-26-10-8-16(9-11-26)15-4-6-17(7-5-15)25-21-20-18(22-14-23-21)13-24-27(20)19-3-2-12-28-19/h2-7,12-14,16H,8-11H2,1H3,(H,22,23,25). The summed E-state index contributed by atoms with van der Waals surface area (Å²) in [7, 11) is 2.20. The SMILES string of the molecule is CN1CCC(c2ccc(Nc3ncnc4cnn(-c5cccs5)c34)cc2)CC1. The van der Waals surface area contributed by atoms with E-state index < -0.39 is 0 Å². The van der Waals surface area contributed by atoms with E-state index >= 15 is 0 Å². The first-order chi connectivity index (χ1) is 13.8. The van der Waals surface area contributed by atoms with Crippen molar-refractivity contribution in [2.75, 3.05) is 25.5 Å². The van der Waals surface area contributed by atoms with E-state index in [-0.39, 0.29) is 0 Å². The van der Waals surface area contributed by atoms with Crippen molar-refractivity contribution in [1.29, 1.82) is 0 Å². The summed E-state index contributed by atoms with van der Waals surface area (Å²) >= 11 is 1.64. The number of nitrogens with zero attached hydrogens (tertiary/aromatic N) is 5. The molecule has 3 aromatic heterocycles. The van der Waals surface area contributed by atoms with Crippen LogP contribution < -0.4 is 5.32 Å². The predicted octanol–water partition coefficient (Wildman–Crippen LogP) is 4.43. The van der Waals surface area contributed by atoms with Gasteiger partial charge in [-0.3, -0.25) is 0 Å². The van der Waals surface area contributed by atoms with E-state index in [9.17, 15) is 0 Å². The lowest BCUT2D eigenvalue weighted by molar-refractivity contribution is 0.255. The van der Waals surface area contributed by atoms with Crippen LogP contribution in [0.15, 0.2) is 54.3 Å². The first kappa shape index (κ1) is 17.3. The molecule has 0 saturated carbocycles. The summed E-state index contributed by atoms with van der Waals surface area (Å²) in [6, 6.07) is 12.8. The lowest BCUT2D eigenvalue weighted by Crippen LogP contribution is -2.29. The molecule has 0 spiro atoms. The summed E-state index contributed by atoms with van der Waals surface area (Å²) in [5.41, 5.74) is 4.17. The maximum atomic E-state index is 4.50. The summed E-state index contributed by atoms with van der Waals surface area (Å²) < 4.78 is 1.90. The molecule has 0 atom stereocenters. The lowest BCUT2D eigenvalue weighted by atomic mass is 9.89. The molecule has 1 aliphatic heterocycles. The molecule has 7 heteroatoms. The Morgan fingerprint density at radius 2 is 1.89 bits per heavy atom. The average molecular weight is 391 g/mol. The molecular formula is C21H22N6S. The minimum Gasteiger partial charge on any atom is -0.338 e. The molecule has 0 aliphatic carbocycles. The van der Waals surface area contributed by atoms with Gasteiger partial charge in [0.1, 0.15) is 22.4 Å². The van der Waals surface area contributed by atoms with Gasteiger partial charge in [-0.25, -0.2) is 14.6 Å². The number of piperidine rings is 1. The predicted molar refractivity (Wildman–Crippen MR) is 114 cm³/mol. The number of nitrogens with one attached hydrogen (secondary N) is 1. The third kappa shape index (κ3) is 3.27. The Bertz CT molecular complexity index is 1060. The van der Waals surface area contributed by atoms with Crippen LogP contribution in [-0.2, 0) is 0 Å². The summed E-state index contributed by atoms with van der Waals surface area (Å²) in [6.45, 7) is 2.35. The van der Waals surface area contributed by atoms with E-state index in [2.05, 4.69) is 56.6 Å². The molecule has 142 valence electrons. The third-order valence-electron chi connectivity index (χ3n) is 5.44. The Balaban J connectivity index is 1.42. The number of anilines is 2. The highest BCUT2D eigenvalue weighted by Gasteiger charge is 2.18. The monoisotopic (exact) mass is 390 g/mol. The van der Waals surface area contributed by atoms with Gasteiger partial charge in [0, 0.05) is 5.69 Å². The zero-order chi connectivity index (χ0) is 18.9. The maximum Gasteiger partial charge on any atom is 0.160 e. The Kier molecular flexibility index (Phi) is 4.54. The number of hydrogen-bond donors (Lipinski definition) is 1. The highest BCUT2D eigenvalue weighted by Crippen LogP contribution is 2.30. The van der Waals surface area contributed by atoms with Crippen molar-refractivity contribution in [1.82, 2.24) is 24.6 Å². The molecule has 0 unspecified atom stereocenters.